The molecule has 0 spiro atoms. The van der Waals surface area contributed by atoms with Gasteiger partial charge in [-0.2, -0.15) is 0 Å². The van der Waals surface area contributed by atoms with Gasteiger partial charge in [-0.05, 0) is 25.8 Å². The molecule has 264 valence electrons. The number of carboxylic acid groups (broad SMARTS) is 1. The number of carboxylic acids is 1. The molecule has 0 unspecified atom stereocenters. The molecule has 0 radical (unpaired) electrons. The first-order valence-corrected chi connectivity index (χ1v) is 15.4. The van der Waals surface area contributed by atoms with Gasteiger partial charge in [0.05, 0.1) is 36.0 Å². The number of hydrogen-bond acceptors (Lipinski definition) is 14. The number of phenolic OH excluding ortho intramolecular Hbond substituents is 2. The Morgan fingerprint density at radius 2 is 1.67 bits per heavy atom. The number of Topliss-reactive ketones (excluding diaryl/α,β-unsaturated/α-hetero) is 1. The van der Waals surface area contributed by atoms with Crippen LogP contribution in [0.3, 0.4) is 0 Å². The van der Waals surface area contributed by atoms with Crippen LogP contribution in [0.2, 0.25) is 0 Å². The Kier molecular flexibility index (Phi) is 10.1. The van der Waals surface area contributed by atoms with Gasteiger partial charge in [0.25, 0.3) is 0 Å². The van der Waals surface area contributed by atoms with Crippen LogP contribution >= 0.6 is 0 Å². The molecule has 0 saturated carbocycles. The number of fused-ring (bicyclic) bond motifs is 3. The number of halogens is 1. The highest BCUT2D eigenvalue weighted by Gasteiger charge is 2.52. The van der Waals surface area contributed by atoms with Gasteiger partial charge in [-0.15, -0.1) is 0 Å². The lowest BCUT2D eigenvalue weighted by Gasteiger charge is -2.43. The van der Waals surface area contributed by atoms with E-state index in [0.29, 0.717) is 0 Å². The molecule has 0 aromatic heterocycles. The van der Waals surface area contributed by atoms with Crippen LogP contribution in [0, 0.1) is 0 Å². The van der Waals surface area contributed by atoms with Gasteiger partial charge >= 0.3 is 11.9 Å². The molecule has 2 aliphatic carbocycles. The van der Waals surface area contributed by atoms with E-state index in [1.54, 1.807) is 0 Å². The molecule has 3 aliphatic rings. The van der Waals surface area contributed by atoms with Gasteiger partial charge < -0.3 is 49.6 Å². The van der Waals surface area contributed by atoms with Crippen LogP contribution in [0.5, 0.6) is 17.2 Å². The number of aliphatic carboxylic acids is 1. The fourth-order valence-corrected chi connectivity index (χ4v) is 6.41. The Labute approximate surface area is 277 Å². The first kappa shape index (κ1) is 35.8. The Balaban J connectivity index is 1.54. The molecule has 1 heterocycles. The van der Waals surface area contributed by atoms with Crippen LogP contribution in [-0.4, -0.2) is 110 Å². The van der Waals surface area contributed by atoms with E-state index in [1.165, 1.54) is 32.2 Å². The number of ketones is 3. The van der Waals surface area contributed by atoms with Gasteiger partial charge in [-0.25, -0.2) is 4.39 Å². The van der Waals surface area contributed by atoms with Crippen LogP contribution in [0.15, 0.2) is 18.2 Å². The van der Waals surface area contributed by atoms with Crippen LogP contribution in [-0.2, 0) is 35.0 Å². The van der Waals surface area contributed by atoms with Gasteiger partial charge in [0.15, 0.2) is 24.9 Å². The lowest BCUT2D eigenvalue weighted by atomic mass is 9.72. The van der Waals surface area contributed by atoms with E-state index in [1.807, 2.05) is 0 Å². The van der Waals surface area contributed by atoms with E-state index in [2.05, 4.69) is 0 Å². The number of benzene rings is 2. The van der Waals surface area contributed by atoms with Crippen molar-refractivity contribution in [3.05, 3.63) is 51.6 Å². The molecule has 2 aromatic rings. The van der Waals surface area contributed by atoms with E-state index in [4.69, 9.17) is 24.1 Å². The lowest BCUT2D eigenvalue weighted by molar-refractivity contribution is -0.294. The number of alkyl halides is 1. The lowest BCUT2D eigenvalue weighted by Crippen LogP contribution is -2.56. The summed E-state index contributed by atoms with van der Waals surface area (Å²) in [6.07, 6.45) is -12.5. The number of carbonyl (C=O) groups excluding carboxylic acids is 4. The predicted molar refractivity (Wildman–Crippen MR) is 160 cm³/mol. The second kappa shape index (κ2) is 13.8. The zero-order chi connectivity index (χ0) is 35.9. The molecule has 49 heavy (non-hydrogen) atoms. The van der Waals surface area contributed by atoms with Crippen molar-refractivity contribution < 1.29 is 77.9 Å². The molecule has 2 aromatic carbocycles. The quantitative estimate of drug-likeness (QED) is 0.0940. The third-order valence-electron chi connectivity index (χ3n) is 9.05. The summed E-state index contributed by atoms with van der Waals surface area (Å²) < 4.78 is 36.7. The summed E-state index contributed by atoms with van der Waals surface area (Å²) >= 11 is 0. The number of esters is 1. The van der Waals surface area contributed by atoms with Crippen LogP contribution in [0.4, 0.5) is 4.39 Å². The maximum Gasteiger partial charge on any atom is 0.306 e. The number of carbonyl (C=O) groups is 5. The first-order chi connectivity index (χ1) is 23.1. The van der Waals surface area contributed by atoms with Crippen molar-refractivity contribution >= 4 is 29.3 Å². The highest BCUT2D eigenvalue weighted by molar-refractivity contribution is 6.31. The van der Waals surface area contributed by atoms with Crippen molar-refractivity contribution in [3.63, 3.8) is 0 Å². The number of ether oxygens (including phenoxy) is 4. The number of rotatable bonds is 11. The third kappa shape index (κ3) is 6.49. The number of aliphatic hydroxyl groups is 3. The average molecular weight is 691 g/mol. The fourth-order valence-electron chi connectivity index (χ4n) is 6.41. The molecule has 0 bridgehead atoms. The third-order valence-corrected chi connectivity index (χ3v) is 9.05. The summed E-state index contributed by atoms with van der Waals surface area (Å²) in [5, 5.41) is 63.9. The maximum atomic E-state index is 15.2. The smallest absolute Gasteiger partial charge is 0.306 e. The summed E-state index contributed by atoms with van der Waals surface area (Å²) in [4.78, 5) is 63.8. The predicted octanol–water partition coefficient (Wildman–Crippen LogP) is 1.18. The molecule has 7 atom stereocenters. The monoisotopic (exact) mass is 690 g/mol. The Morgan fingerprint density at radius 3 is 2.35 bits per heavy atom. The Hall–Kier alpha value is -4.48. The zero-order valence-corrected chi connectivity index (χ0v) is 26.4. The molecule has 15 nitrogen and oxygen atoms in total. The van der Waals surface area contributed by atoms with Crippen LogP contribution < -0.4 is 4.74 Å². The Morgan fingerprint density at radius 1 is 1.00 bits per heavy atom. The summed E-state index contributed by atoms with van der Waals surface area (Å²) in [5.41, 5.74) is -4.95. The van der Waals surface area contributed by atoms with E-state index in [0.717, 1.165) is 0 Å². The summed E-state index contributed by atoms with van der Waals surface area (Å²) in [6, 6.07) is 4.15. The highest BCUT2D eigenvalue weighted by Crippen LogP contribution is 2.52. The largest absolute Gasteiger partial charge is 0.507 e. The molecule has 0 amide bonds. The number of aromatic hydroxyl groups is 2. The minimum Gasteiger partial charge on any atom is -0.507 e. The SMILES string of the molecule is COc1cccc2c1C(=O)c1c(O)c3c(c(O)c1C2=O)C[C@@](O)(C(=O)COC(=O)CCCCC(=O)O)C[C@@H]3O[C@@H]1O[C@@H](C)[C@@H](O)[C@@H](O)[C@H]1F. The zero-order valence-electron chi connectivity index (χ0n) is 26.4. The minimum atomic E-state index is -2.54. The number of hydrogen-bond donors (Lipinski definition) is 6. The molecule has 1 fully saturated rings. The second-order valence-corrected chi connectivity index (χ2v) is 12.2. The second-order valence-electron chi connectivity index (χ2n) is 12.2. The van der Waals surface area contributed by atoms with E-state index < -0.39 is 119 Å². The molecule has 1 aliphatic heterocycles. The Bertz CT molecular complexity index is 1710. The first-order valence-electron chi connectivity index (χ1n) is 15.4. The maximum absolute atomic E-state index is 15.2. The molecule has 6 N–H and O–H groups in total. The number of unbranched alkanes of at least 4 members (excludes halogenated alkanes) is 1. The molecular formula is C33H35FO15. The fraction of sp³-hybridized carbons (Fsp3) is 0.485. The van der Waals surface area contributed by atoms with E-state index in [-0.39, 0.29) is 48.1 Å². The van der Waals surface area contributed by atoms with Crippen LogP contribution in [0.25, 0.3) is 0 Å². The van der Waals surface area contributed by atoms with Crippen molar-refractivity contribution in [2.75, 3.05) is 13.7 Å². The van der Waals surface area contributed by atoms with Crippen molar-refractivity contribution in [2.24, 2.45) is 0 Å². The topological polar surface area (TPSA) is 244 Å². The van der Waals surface area contributed by atoms with Crippen molar-refractivity contribution in [1.82, 2.24) is 0 Å². The summed E-state index contributed by atoms with van der Waals surface area (Å²) in [7, 11) is 1.26. The summed E-state index contributed by atoms with van der Waals surface area (Å²) in [6.45, 7) is 0.335. The molecular weight excluding hydrogens is 655 g/mol. The standard InChI is InChI=1S/C33H35FO15/c1-13-26(39)31(44)25(34)32(48-13)49-17-11-33(45,18(35)12-47-20(38)9-4-3-8-19(36)37)10-15-22(17)30(43)24-23(28(15)41)27(40)14-6-5-7-16(46-2)21(14)29(24)42/h5-7,13,17,25-26,31-32,39,41,43-45H,3-4,8-12H2,1-2H3,(H,36,37)/t13-,17-,25+,26+,31-,32-,33-/m0/s1. The van der Waals surface area contributed by atoms with Gasteiger partial charge in [-0.3, -0.25) is 24.0 Å². The van der Waals surface area contributed by atoms with Crippen molar-refractivity contribution in [1.29, 1.82) is 0 Å². The minimum absolute atomic E-state index is 0.000255. The molecule has 1 saturated heterocycles. The van der Waals surface area contributed by atoms with Gasteiger partial charge in [-0.1, -0.05) is 12.1 Å². The van der Waals surface area contributed by atoms with Crippen LogP contribution in [0.1, 0.15) is 88.1 Å². The number of methoxy groups -OCH3 is 1. The number of aliphatic hydroxyl groups excluding tert-OH is 2. The van der Waals surface area contributed by atoms with Crippen molar-refractivity contribution in [2.45, 2.75) is 87.9 Å². The van der Waals surface area contributed by atoms with Gasteiger partial charge in [0.1, 0.15) is 35.1 Å². The average Bonchev–Trinajstić information content (AvgIpc) is 3.06. The highest BCUT2D eigenvalue weighted by atomic mass is 19.1. The van der Waals surface area contributed by atoms with Gasteiger partial charge in [0.2, 0.25) is 11.6 Å². The van der Waals surface area contributed by atoms with Crippen molar-refractivity contribution in [3.8, 4) is 17.2 Å². The van der Waals surface area contributed by atoms with E-state index >= 15 is 4.39 Å². The summed E-state index contributed by atoms with van der Waals surface area (Å²) in [5.74, 6) is -6.57. The number of phenols is 2. The molecule has 16 heteroatoms. The van der Waals surface area contributed by atoms with E-state index in [9.17, 15) is 49.5 Å². The molecule has 5 rings (SSSR count). The normalized spacial score (nSPS) is 27.5. The van der Waals surface area contributed by atoms with Gasteiger partial charge in [0, 0.05) is 42.4 Å².